The van der Waals surface area contributed by atoms with Crippen molar-refractivity contribution in [2.75, 3.05) is 0 Å². The number of nitrogens with one attached hydrogen (secondary N) is 2. The third-order valence-corrected chi connectivity index (χ3v) is 4.17. The van der Waals surface area contributed by atoms with Crippen LogP contribution in [0.4, 0.5) is 0 Å². The van der Waals surface area contributed by atoms with Crippen LogP contribution in [0.2, 0.25) is 5.02 Å². The summed E-state index contributed by atoms with van der Waals surface area (Å²) in [5, 5.41) is 10.6. The first-order valence-electron chi connectivity index (χ1n) is 7.19. The van der Waals surface area contributed by atoms with Crippen LogP contribution < -0.4 is 11.1 Å². The number of aromatic nitrogens is 5. The standard InChI is InChI=1S/C16H12ClN5O2/c1-9-15-12(8-14(23)21(9)13-6-7-18-19-13)20-22(16(15)24)11-4-2-10(17)3-5-11/h2-8,20H,1H3,(H,18,19). The summed E-state index contributed by atoms with van der Waals surface area (Å²) in [5.74, 6) is 0.512. The lowest BCUT2D eigenvalue weighted by atomic mass is 10.2. The van der Waals surface area contributed by atoms with Gasteiger partial charge in [0.1, 0.15) is 5.82 Å². The van der Waals surface area contributed by atoms with Crippen molar-refractivity contribution in [3.63, 3.8) is 0 Å². The lowest BCUT2D eigenvalue weighted by Gasteiger charge is -2.06. The highest BCUT2D eigenvalue weighted by molar-refractivity contribution is 6.30. The van der Waals surface area contributed by atoms with Gasteiger partial charge in [-0.1, -0.05) is 11.6 Å². The van der Waals surface area contributed by atoms with Crippen LogP contribution in [0.15, 0.2) is 52.2 Å². The van der Waals surface area contributed by atoms with Crippen LogP contribution in [-0.4, -0.2) is 24.5 Å². The summed E-state index contributed by atoms with van der Waals surface area (Å²) >= 11 is 5.89. The number of aromatic amines is 2. The zero-order valence-corrected chi connectivity index (χ0v) is 13.3. The second-order valence-corrected chi connectivity index (χ2v) is 5.80. The van der Waals surface area contributed by atoms with Crippen LogP contribution >= 0.6 is 11.6 Å². The van der Waals surface area contributed by atoms with E-state index in [0.717, 1.165) is 0 Å². The van der Waals surface area contributed by atoms with Gasteiger partial charge in [-0.05, 0) is 31.2 Å². The molecule has 2 N–H and O–H groups in total. The van der Waals surface area contributed by atoms with E-state index in [0.29, 0.717) is 33.1 Å². The third-order valence-electron chi connectivity index (χ3n) is 3.92. The molecular formula is C16H12ClN5O2. The van der Waals surface area contributed by atoms with E-state index in [-0.39, 0.29) is 11.1 Å². The van der Waals surface area contributed by atoms with Crippen molar-refractivity contribution in [2.24, 2.45) is 0 Å². The molecule has 1 aromatic carbocycles. The van der Waals surface area contributed by atoms with E-state index in [2.05, 4.69) is 15.3 Å². The lowest BCUT2D eigenvalue weighted by molar-refractivity contribution is 0.863. The Hall–Kier alpha value is -3.06. The second kappa shape index (κ2) is 5.24. The van der Waals surface area contributed by atoms with E-state index in [1.807, 2.05) is 0 Å². The summed E-state index contributed by atoms with van der Waals surface area (Å²) in [6.07, 6.45) is 1.55. The quantitative estimate of drug-likeness (QED) is 0.585. The first-order chi connectivity index (χ1) is 11.6. The van der Waals surface area contributed by atoms with E-state index in [1.54, 1.807) is 43.5 Å². The van der Waals surface area contributed by atoms with Crippen LogP contribution in [0.25, 0.3) is 22.4 Å². The maximum Gasteiger partial charge on any atom is 0.280 e. The SMILES string of the molecule is Cc1c2c(=O)n(-c3ccc(Cl)cc3)[nH]c2cc(=O)n1-c1ccn[nH]1. The number of H-pyrrole nitrogens is 2. The fraction of sp³-hybridized carbons (Fsp3) is 0.0625. The highest BCUT2D eigenvalue weighted by atomic mass is 35.5. The molecule has 7 nitrogen and oxygen atoms in total. The minimum absolute atomic E-state index is 0.238. The minimum Gasteiger partial charge on any atom is -0.290 e. The molecule has 3 aromatic heterocycles. The molecule has 0 unspecified atom stereocenters. The Morgan fingerprint density at radius 1 is 1.12 bits per heavy atom. The molecule has 0 aliphatic heterocycles. The van der Waals surface area contributed by atoms with E-state index in [1.165, 1.54) is 15.3 Å². The molecule has 0 radical (unpaired) electrons. The second-order valence-electron chi connectivity index (χ2n) is 5.36. The van der Waals surface area contributed by atoms with Crippen molar-refractivity contribution in [3.05, 3.63) is 74.0 Å². The summed E-state index contributed by atoms with van der Waals surface area (Å²) < 4.78 is 2.82. The van der Waals surface area contributed by atoms with Crippen LogP contribution in [0.1, 0.15) is 5.69 Å². The van der Waals surface area contributed by atoms with Crippen molar-refractivity contribution >= 4 is 22.5 Å². The first kappa shape index (κ1) is 14.5. The maximum absolute atomic E-state index is 12.8. The Morgan fingerprint density at radius 3 is 2.54 bits per heavy atom. The monoisotopic (exact) mass is 341 g/mol. The Kier molecular flexibility index (Phi) is 3.17. The normalized spacial score (nSPS) is 11.2. The summed E-state index contributed by atoms with van der Waals surface area (Å²) in [5.41, 5.74) is 1.16. The molecule has 120 valence electrons. The number of aryl methyl sites for hydroxylation is 1. The number of fused-ring (bicyclic) bond motifs is 1. The summed E-state index contributed by atoms with van der Waals surface area (Å²) in [7, 11) is 0. The van der Waals surface area contributed by atoms with Gasteiger partial charge in [0.25, 0.3) is 11.1 Å². The van der Waals surface area contributed by atoms with Gasteiger partial charge < -0.3 is 0 Å². The molecule has 0 fully saturated rings. The maximum atomic E-state index is 12.8. The van der Waals surface area contributed by atoms with E-state index in [9.17, 15) is 9.59 Å². The summed E-state index contributed by atoms with van der Waals surface area (Å²) in [6.45, 7) is 1.73. The molecule has 24 heavy (non-hydrogen) atoms. The highest BCUT2D eigenvalue weighted by Crippen LogP contribution is 2.17. The number of hydrogen-bond donors (Lipinski definition) is 2. The third kappa shape index (κ3) is 2.10. The smallest absolute Gasteiger partial charge is 0.280 e. The largest absolute Gasteiger partial charge is 0.290 e. The molecule has 3 heterocycles. The van der Waals surface area contributed by atoms with Crippen LogP contribution in [0.3, 0.4) is 0 Å². The summed E-state index contributed by atoms with van der Waals surface area (Å²) in [6, 6.07) is 9.93. The van der Waals surface area contributed by atoms with Gasteiger partial charge in [-0.2, -0.15) is 5.10 Å². The fourth-order valence-electron chi connectivity index (χ4n) is 2.82. The van der Waals surface area contributed by atoms with Gasteiger partial charge in [-0.25, -0.2) is 4.68 Å². The number of hydrogen-bond acceptors (Lipinski definition) is 3. The molecule has 0 saturated carbocycles. The van der Waals surface area contributed by atoms with Crippen LogP contribution in [0, 0.1) is 6.92 Å². The predicted molar refractivity (Wildman–Crippen MR) is 91.4 cm³/mol. The van der Waals surface area contributed by atoms with Crippen LogP contribution in [-0.2, 0) is 0 Å². The van der Waals surface area contributed by atoms with E-state index >= 15 is 0 Å². The molecule has 0 aliphatic rings. The van der Waals surface area contributed by atoms with Gasteiger partial charge >= 0.3 is 0 Å². The van der Waals surface area contributed by atoms with Gasteiger partial charge in [0, 0.05) is 22.8 Å². The Balaban J connectivity index is 2.03. The number of pyridine rings is 1. The minimum atomic E-state index is -0.256. The van der Waals surface area contributed by atoms with Crippen molar-refractivity contribution in [1.82, 2.24) is 24.5 Å². The fourth-order valence-corrected chi connectivity index (χ4v) is 2.94. The molecule has 0 aliphatic carbocycles. The number of nitrogens with zero attached hydrogens (tertiary/aromatic N) is 3. The van der Waals surface area contributed by atoms with E-state index in [4.69, 9.17) is 11.6 Å². The summed E-state index contributed by atoms with van der Waals surface area (Å²) in [4.78, 5) is 25.2. The van der Waals surface area contributed by atoms with Crippen molar-refractivity contribution in [1.29, 1.82) is 0 Å². The Morgan fingerprint density at radius 2 is 1.88 bits per heavy atom. The van der Waals surface area contributed by atoms with Gasteiger partial charge in [-0.15, -0.1) is 0 Å². The molecular weight excluding hydrogens is 330 g/mol. The zero-order valence-electron chi connectivity index (χ0n) is 12.6. The average Bonchev–Trinajstić information content (AvgIpc) is 3.17. The number of halogens is 1. The van der Waals surface area contributed by atoms with E-state index < -0.39 is 0 Å². The number of rotatable bonds is 2. The van der Waals surface area contributed by atoms with Crippen molar-refractivity contribution in [2.45, 2.75) is 6.92 Å². The van der Waals surface area contributed by atoms with Crippen LogP contribution in [0.5, 0.6) is 0 Å². The first-order valence-corrected chi connectivity index (χ1v) is 7.57. The van der Waals surface area contributed by atoms with Gasteiger partial charge in [0.2, 0.25) is 0 Å². The molecule has 4 rings (SSSR count). The average molecular weight is 342 g/mol. The Labute approximate surface area is 140 Å². The molecule has 0 saturated heterocycles. The molecule has 4 aromatic rings. The van der Waals surface area contributed by atoms with Gasteiger partial charge in [-0.3, -0.25) is 24.4 Å². The van der Waals surface area contributed by atoms with Crippen molar-refractivity contribution < 1.29 is 0 Å². The topological polar surface area (TPSA) is 88.5 Å². The Bertz CT molecular complexity index is 1150. The van der Waals surface area contributed by atoms with Crippen molar-refractivity contribution in [3.8, 4) is 11.5 Å². The lowest BCUT2D eigenvalue weighted by Crippen LogP contribution is -2.22. The molecule has 0 bridgehead atoms. The molecule has 0 atom stereocenters. The highest BCUT2D eigenvalue weighted by Gasteiger charge is 2.16. The molecule has 0 amide bonds. The zero-order chi connectivity index (χ0) is 16.8. The predicted octanol–water partition coefficient (Wildman–Crippen LogP) is 2.15. The molecule has 8 heteroatoms. The van der Waals surface area contributed by atoms with Gasteiger partial charge in [0.15, 0.2) is 0 Å². The van der Waals surface area contributed by atoms with Gasteiger partial charge in [0.05, 0.1) is 22.8 Å². The number of benzene rings is 1. The molecule has 0 spiro atoms.